The minimum atomic E-state index is -0.614. The molecule has 4 heteroatoms. The lowest BCUT2D eigenvalue weighted by Crippen LogP contribution is -2.39. The molecule has 0 saturated carbocycles. The summed E-state index contributed by atoms with van der Waals surface area (Å²) in [7, 11) is 0. The van der Waals surface area contributed by atoms with E-state index >= 15 is 0 Å². The summed E-state index contributed by atoms with van der Waals surface area (Å²) in [6.45, 7) is 0. The van der Waals surface area contributed by atoms with E-state index in [0.717, 1.165) is 12.0 Å². The highest BCUT2D eigenvalue weighted by Crippen LogP contribution is 2.37. The van der Waals surface area contributed by atoms with Gasteiger partial charge >= 0.3 is 0 Å². The lowest BCUT2D eigenvalue weighted by Gasteiger charge is -2.14. The highest BCUT2D eigenvalue weighted by Gasteiger charge is 2.20. The fraction of sp³-hybridized carbons (Fsp3) is 0.0909. The predicted octanol–water partition coefficient (Wildman–Crippen LogP) is 3.76. The van der Waals surface area contributed by atoms with E-state index in [-0.39, 0.29) is 5.91 Å². The number of carbonyl (C=O) groups excluding carboxylic acids is 1. The van der Waals surface area contributed by atoms with E-state index in [1.54, 1.807) is 24.3 Å². The third-order valence-electron chi connectivity index (χ3n) is 4.65. The van der Waals surface area contributed by atoms with Gasteiger partial charge < -0.3 is 0 Å². The number of carbonyl (C=O) groups is 1. The molecule has 0 fully saturated rings. The summed E-state index contributed by atoms with van der Waals surface area (Å²) in [5.41, 5.74) is 11.8. The largest absolute Gasteiger partial charge is 0.286 e. The topological polar surface area (TPSA) is 64.9 Å². The van der Waals surface area contributed by atoms with Crippen molar-refractivity contribution in [1.82, 2.24) is 10.9 Å². The Kier molecular flexibility index (Phi) is 4.22. The Morgan fingerprint density at radius 2 is 1.65 bits per heavy atom. The second-order valence-corrected chi connectivity index (χ2v) is 6.28. The van der Waals surface area contributed by atoms with Gasteiger partial charge in [-0.1, -0.05) is 60.7 Å². The number of rotatable bonds is 4. The van der Waals surface area contributed by atoms with Crippen molar-refractivity contribution in [1.29, 1.82) is 5.26 Å². The minimum absolute atomic E-state index is 0.264. The first-order valence-electron chi connectivity index (χ1n) is 8.48. The molecular formula is C22H17N3O. The second kappa shape index (κ2) is 6.83. The number of nitrogens with zero attached hydrogens (tertiary/aromatic N) is 1. The number of nitriles is 1. The van der Waals surface area contributed by atoms with Crippen molar-refractivity contribution in [3.8, 4) is 17.2 Å². The number of benzene rings is 3. The zero-order valence-corrected chi connectivity index (χ0v) is 14.1. The smallest absolute Gasteiger partial charge is 0.265 e. The van der Waals surface area contributed by atoms with Gasteiger partial charge in [0.2, 0.25) is 0 Å². The molecule has 4 rings (SSSR count). The number of amides is 1. The van der Waals surface area contributed by atoms with E-state index in [0.29, 0.717) is 5.56 Å². The van der Waals surface area contributed by atoms with Crippen LogP contribution >= 0.6 is 0 Å². The number of hydrazine groups is 1. The van der Waals surface area contributed by atoms with Gasteiger partial charge in [0.05, 0.1) is 6.07 Å². The number of hydrogen-bond donors (Lipinski definition) is 2. The van der Waals surface area contributed by atoms with Crippen LogP contribution in [-0.4, -0.2) is 5.91 Å². The molecule has 1 aliphatic carbocycles. The zero-order chi connectivity index (χ0) is 17.9. The Bertz CT molecular complexity index is 1010. The Labute approximate surface area is 152 Å². The predicted molar refractivity (Wildman–Crippen MR) is 100 cm³/mol. The lowest BCUT2D eigenvalue weighted by molar-refractivity contribution is 0.0929. The summed E-state index contributed by atoms with van der Waals surface area (Å²) in [4.78, 5) is 12.1. The van der Waals surface area contributed by atoms with Crippen LogP contribution in [0, 0.1) is 11.3 Å². The van der Waals surface area contributed by atoms with Gasteiger partial charge in [0.25, 0.3) is 5.91 Å². The molecule has 0 aromatic heterocycles. The number of hydrogen-bond acceptors (Lipinski definition) is 3. The van der Waals surface area contributed by atoms with Crippen LogP contribution in [0.1, 0.15) is 33.1 Å². The molecule has 1 amide bonds. The Morgan fingerprint density at radius 1 is 0.923 bits per heavy atom. The third-order valence-corrected chi connectivity index (χ3v) is 4.65. The lowest BCUT2D eigenvalue weighted by atomic mass is 10.0. The molecule has 1 atom stereocenters. The molecule has 2 N–H and O–H groups in total. The summed E-state index contributed by atoms with van der Waals surface area (Å²) in [5, 5.41) is 9.52. The van der Waals surface area contributed by atoms with Crippen molar-refractivity contribution in [3.05, 3.63) is 95.1 Å². The van der Waals surface area contributed by atoms with E-state index in [1.165, 1.54) is 22.3 Å². The maximum absolute atomic E-state index is 12.1. The van der Waals surface area contributed by atoms with Gasteiger partial charge in [-0.25, -0.2) is 5.43 Å². The second-order valence-electron chi connectivity index (χ2n) is 6.28. The molecule has 0 unspecified atom stereocenters. The average molecular weight is 339 g/mol. The molecular weight excluding hydrogens is 322 g/mol. The molecule has 26 heavy (non-hydrogen) atoms. The van der Waals surface area contributed by atoms with E-state index in [1.807, 2.05) is 30.3 Å². The monoisotopic (exact) mass is 339 g/mol. The third kappa shape index (κ3) is 2.97. The average Bonchev–Trinajstić information content (AvgIpc) is 3.07. The van der Waals surface area contributed by atoms with Crippen molar-refractivity contribution in [2.75, 3.05) is 0 Å². The van der Waals surface area contributed by atoms with Gasteiger partial charge in [-0.3, -0.25) is 10.2 Å². The molecule has 0 spiro atoms. The normalized spacial score (nSPS) is 12.6. The van der Waals surface area contributed by atoms with E-state index in [4.69, 9.17) is 0 Å². The van der Waals surface area contributed by atoms with Crippen LogP contribution in [0.2, 0.25) is 0 Å². The first-order valence-corrected chi connectivity index (χ1v) is 8.48. The molecule has 1 aliphatic rings. The van der Waals surface area contributed by atoms with E-state index < -0.39 is 6.04 Å². The molecule has 0 heterocycles. The molecule has 4 nitrogen and oxygen atoms in total. The summed E-state index contributed by atoms with van der Waals surface area (Å²) in [5.74, 6) is -0.264. The fourth-order valence-electron chi connectivity index (χ4n) is 3.33. The number of fused-ring (bicyclic) bond motifs is 3. The van der Waals surface area contributed by atoms with Crippen molar-refractivity contribution < 1.29 is 4.79 Å². The molecule has 0 saturated heterocycles. The highest BCUT2D eigenvalue weighted by molar-refractivity contribution is 5.93. The standard InChI is InChI=1S/C22H17N3O/c23-14-21(24-25-22(26)15-6-2-1-3-7-15)17-10-11-20-18(13-17)12-16-8-4-5-9-19(16)20/h1-11,13,21,24H,12H2,(H,25,26)/t21-/m0/s1. The van der Waals surface area contributed by atoms with Crippen LogP contribution in [0.4, 0.5) is 0 Å². The zero-order valence-electron chi connectivity index (χ0n) is 14.1. The summed E-state index contributed by atoms with van der Waals surface area (Å²) in [6, 6.07) is 24.9. The summed E-state index contributed by atoms with van der Waals surface area (Å²) >= 11 is 0. The van der Waals surface area contributed by atoms with Crippen molar-refractivity contribution in [3.63, 3.8) is 0 Å². The maximum Gasteiger partial charge on any atom is 0.265 e. The maximum atomic E-state index is 12.1. The SMILES string of the molecule is N#C[C@H](NNC(=O)c1ccccc1)c1ccc2c(c1)Cc1ccccc1-2. The van der Waals surface area contributed by atoms with Crippen LogP contribution in [-0.2, 0) is 6.42 Å². The Balaban J connectivity index is 1.51. The van der Waals surface area contributed by atoms with Crippen LogP contribution in [0.3, 0.4) is 0 Å². The van der Waals surface area contributed by atoms with Crippen LogP contribution < -0.4 is 10.9 Å². The van der Waals surface area contributed by atoms with Crippen LogP contribution in [0.5, 0.6) is 0 Å². The first kappa shape index (κ1) is 16.1. The van der Waals surface area contributed by atoms with E-state index in [2.05, 4.69) is 35.1 Å². The molecule has 3 aromatic rings. The molecule has 0 aliphatic heterocycles. The van der Waals surface area contributed by atoms with Gasteiger partial charge in [-0.05, 0) is 46.4 Å². The van der Waals surface area contributed by atoms with Gasteiger partial charge in [-0.2, -0.15) is 5.26 Å². The molecule has 126 valence electrons. The van der Waals surface area contributed by atoms with Gasteiger partial charge in [-0.15, -0.1) is 0 Å². The van der Waals surface area contributed by atoms with Gasteiger partial charge in [0, 0.05) is 5.56 Å². The van der Waals surface area contributed by atoms with Crippen LogP contribution in [0.25, 0.3) is 11.1 Å². The van der Waals surface area contributed by atoms with Gasteiger partial charge in [0.15, 0.2) is 0 Å². The number of nitrogens with one attached hydrogen (secondary N) is 2. The highest BCUT2D eigenvalue weighted by atomic mass is 16.2. The molecule has 3 aromatic carbocycles. The van der Waals surface area contributed by atoms with Crippen molar-refractivity contribution >= 4 is 5.91 Å². The van der Waals surface area contributed by atoms with Gasteiger partial charge in [0.1, 0.15) is 6.04 Å². The Morgan fingerprint density at radius 3 is 2.46 bits per heavy atom. The Hall–Kier alpha value is -3.42. The summed E-state index contributed by atoms with van der Waals surface area (Å²) < 4.78 is 0. The summed E-state index contributed by atoms with van der Waals surface area (Å²) in [6.07, 6.45) is 0.869. The van der Waals surface area contributed by atoms with Crippen molar-refractivity contribution in [2.24, 2.45) is 0 Å². The van der Waals surface area contributed by atoms with E-state index in [9.17, 15) is 10.1 Å². The molecule has 0 bridgehead atoms. The minimum Gasteiger partial charge on any atom is -0.286 e. The first-order chi connectivity index (χ1) is 12.8. The van der Waals surface area contributed by atoms with Crippen LogP contribution in [0.15, 0.2) is 72.8 Å². The molecule has 0 radical (unpaired) electrons. The fourth-order valence-corrected chi connectivity index (χ4v) is 3.33. The quantitative estimate of drug-likeness (QED) is 0.557. The van der Waals surface area contributed by atoms with Crippen molar-refractivity contribution in [2.45, 2.75) is 12.5 Å².